The molecule has 0 aliphatic carbocycles. The Balaban J connectivity index is 1.87. The lowest BCUT2D eigenvalue weighted by atomic mass is 9.94. The maximum Gasteiger partial charge on any atom is 0.118 e. The Morgan fingerprint density at radius 3 is 2.57 bits per heavy atom. The van der Waals surface area contributed by atoms with E-state index >= 15 is 0 Å². The zero-order valence-electron chi connectivity index (χ0n) is 12.6. The fourth-order valence-corrected chi connectivity index (χ4v) is 2.79. The zero-order valence-corrected chi connectivity index (χ0v) is 13.5. The second-order valence-corrected chi connectivity index (χ2v) is 6.53. The summed E-state index contributed by atoms with van der Waals surface area (Å²) in [6.07, 6.45) is 1.82. The van der Waals surface area contributed by atoms with Crippen LogP contribution in [0.5, 0.6) is 5.75 Å². The van der Waals surface area contributed by atoms with Gasteiger partial charge in [0.1, 0.15) is 5.75 Å². The third-order valence-corrected chi connectivity index (χ3v) is 4.62. The van der Waals surface area contributed by atoms with Crippen LogP contribution in [0.25, 0.3) is 0 Å². The van der Waals surface area contributed by atoms with Crippen LogP contribution in [0.15, 0.2) is 41.8 Å². The average molecular weight is 305 g/mol. The highest BCUT2D eigenvalue weighted by Gasteiger charge is 2.22. The molecule has 0 bridgehead atoms. The number of thiophene rings is 1. The highest BCUT2D eigenvalue weighted by molar-refractivity contribution is 7.09. The third kappa shape index (κ3) is 4.84. The van der Waals surface area contributed by atoms with Crippen LogP contribution in [0, 0.1) is 0 Å². The van der Waals surface area contributed by atoms with E-state index in [1.807, 2.05) is 12.1 Å². The molecule has 3 nitrogen and oxygen atoms in total. The Kier molecular flexibility index (Phi) is 5.79. The first kappa shape index (κ1) is 16.0. The molecule has 2 N–H and O–H groups in total. The molecule has 0 radical (unpaired) electrons. The lowest BCUT2D eigenvalue weighted by molar-refractivity contribution is 0.165. The molecule has 1 unspecified atom stereocenters. The van der Waals surface area contributed by atoms with Gasteiger partial charge in [-0.2, -0.15) is 0 Å². The first-order valence-corrected chi connectivity index (χ1v) is 8.04. The van der Waals surface area contributed by atoms with Crippen LogP contribution in [0.1, 0.15) is 23.8 Å². The normalized spacial score (nSPS) is 13.9. The summed E-state index contributed by atoms with van der Waals surface area (Å²) in [4.78, 5) is 1.29. The van der Waals surface area contributed by atoms with Gasteiger partial charge in [-0.15, -0.1) is 11.3 Å². The van der Waals surface area contributed by atoms with Crippen molar-refractivity contribution in [1.29, 1.82) is 0 Å². The van der Waals surface area contributed by atoms with Crippen molar-refractivity contribution in [3.63, 3.8) is 0 Å². The van der Waals surface area contributed by atoms with E-state index in [-0.39, 0.29) is 12.1 Å². The average Bonchev–Trinajstić information content (AvgIpc) is 3.05. The smallest absolute Gasteiger partial charge is 0.118 e. The number of aliphatic hydroxyl groups excluding tert-OH is 1. The van der Waals surface area contributed by atoms with Crippen molar-refractivity contribution in [2.24, 2.45) is 0 Å². The summed E-state index contributed by atoms with van der Waals surface area (Å²) in [5.74, 6) is 0.875. The lowest BCUT2D eigenvalue weighted by Crippen LogP contribution is -2.45. The topological polar surface area (TPSA) is 41.5 Å². The molecule has 0 amide bonds. The summed E-state index contributed by atoms with van der Waals surface area (Å²) in [6, 6.07) is 12.3. The Morgan fingerprint density at radius 2 is 2.00 bits per heavy atom. The number of benzene rings is 1. The molecule has 2 aromatic rings. The van der Waals surface area contributed by atoms with Crippen molar-refractivity contribution in [2.45, 2.75) is 31.8 Å². The van der Waals surface area contributed by atoms with Crippen molar-refractivity contribution in [2.75, 3.05) is 13.7 Å². The van der Waals surface area contributed by atoms with E-state index in [9.17, 15) is 5.11 Å². The van der Waals surface area contributed by atoms with Crippen molar-refractivity contribution >= 4 is 11.3 Å². The van der Waals surface area contributed by atoms with E-state index in [2.05, 4.69) is 41.9 Å². The molecule has 1 atom stereocenters. The van der Waals surface area contributed by atoms with E-state index in [4.69, 9.17) is 4.74 Å². The quantitative estimate of drug-likeness (QED) is 0.787. The van der Waals surface area contributed by atoms with Crippen LogP contribution >= 0.6 is 11.3 Å². The van der Waals surface area contributed by atoms with Crippen molar-refractivity contribution in [1.82, 2.24) is 5.32 Å². The molecule has 0 saturated heterocycles. The van der Waals surface area contributed by atoms with Gasteiger partial charge in [-0.25, -0.2) is 0 Å². The van der Waals surface area contributed by atoms with Crippen LogP contribution in [-0.4, -0.2) is 24.4 Å². The summed E-state index contributed by atoms with van der Waals surface area (Å²) < 4.78 is 5.16. The molecule has 0 spiro atoms. The molecule has 1 heterocycles. The monoisotopic (exact) mass is 305 g/mol. The molecular formula is C17H23NO2S. The summed E-state index contributed by atoms with van der Waals surface area (Å²) in [7, 11) is 1.67. The van der Waals surface area contributed by atoms with Crippen LogP contribution < -0.4 is 10.1 Å². The summed E-state index contributed by atoms with van der Waals surface area (Å²) in [6.45, 7) is 3.01. The van der Waals surface area contributed by atoms with Crippen molar-refractivity contribution in [3.8, 4) is 5.75 Å². The zero-order chi connectivity index (χ0) is 15.1. The molecule has 4 heteroatoms. The number of hydrogen-bond donors (Lipinski definition) is 2. The second kappa shape index (κ2) is 7.59. The highest BCUT2D eigenvalue weighted by Crippen LogP contribution is 2.18. The van der Waals surface area contributed by atoms with E-state index in [1.165, 1.54) is 10.4 Å². The lowest BCUT2D eigenvalue weighted by Gasteiger charge is -2.29. The summed E-state index contributed by atoms with van der Waals surface area (Å²) >= 11 is 1.73. The minimum atomic E-state index is -0.260. The number of aryl methyl sites for hydroxylation is 1. The van der Waals surface area contributed by atoms with Crippen LogP contribution in [0.3, 0.4) is 0 Å². The standard InChI is InChI=1S/C17H23NO2S/c1-17(13-19,18-12-16-4-3-11-21-16)10-9-14-5-7-15(20-2)8-6-14/h3-8,11,18-19H,9-10,12-13H2,1-2H3. The van der Waals surface area contributed by atoms with Gasteiger partial charge in [-0.1, -0.05) is 18.2 Å². The maximum atomic E-state index is 9.70. The SMILES string of the molecule is COc1ccc(CCC(C)(CO)NCc2cccs2)cc1. The van der Waals surface area contributed by atoms with E-state index in [0.717, 1.165) is 25.1 Å². The Hall–Kier alpha value is -1.36. The van der Waals surface area contributed by atoms with Gasteiger partial charge in [0.2, 0.25) is 0 Å². The molecule has 0 aliphatic heterocycles. The van der Waals surface area contributed by atoms with Gasteiger partial charge in [0, 0.05) is 17.0 Å². The fourth-order valence-electron chi connectivity index (χ4n) is 2.15. The number of aliphatic hydroxyl groups is 1. The van der Waals surface area contributed by atoms with Crippen molar-refractivity contribution in [3.05, 3.63) is 52.2 Å². The largest absolute Gasteiger partial charge is 0.497 e. The Labute approximate surface area is 130 Å². The first-order valence-electron chi connectivity index (χ1n) is 7.16. The molecule has 2 rings (SSSR count). The second-order valence-electron chi connectivity index (χ2n) is 5.50. The minimum Gasteiger partial charge on any atom is -0.497 e. The van der Waals surface area contributed by atoms with Crippen LogP contribution in [0.2, 0.25) is 0 Å². The number of hydrogen-bond acceptors (Lipinski definition) is 4. The summed E-state index contributed by atoms with van der Waals surface area (Å²) in [5, 5.41) is 15.2. The number of ether oxygens (including phenoxy) is 1. The van der Waals surface area contributed by atoms with Gasteiger partial charge in [-0.05, 0) is 48.9 Å². The molecular weight excluding hydrogens is 282 g/mol. The Bertz CT molecular complexity index is 524. The van der Waals surface area contributed by atoms with Gasteiger partial charge in [0.05, 0.1) is 13.7 Å². The first-order chi connectivity index (χ1) is 10.1. The van der Waals surface area contributed by atoms with E-state index in [0.29, 0.717) is 0 Å². The molecule has 21 heavy (non-hydrogen) atoms. The molecule has 1 aromatic carbocycles. The number of rotatable bonds is 8. The predicted molar refractivity (Wildman–Crippen MR) is 88.0 cm³/mol. The van der Waals surface area contributed by atoms with Crippen LogP contribution in [-0.2, 0) is 13.0 Å². The molecule has 114 valence electrons. The maximum absolute atomic E-state index is 9.70. The summed E-state index contributed by atoms with van der Waals surface area (Å²) in [5.41, 5.74) is 0.998. The molecule has 1 aromatic heterocycles. The molecule has 0 aliphatic rings. The fraction of sp³-hybridized carbons (Fsp3) is 0.412. The van der Waals surface area contributed by atoms with Gasteiger partial charge in [-0.3, -0.25) is 0 Å². The van der Waals surface area contributed by atoms with Gasteiger partial charge in [0.15, 0.2) is 0 Å². The highest BCUT2D eigenvalue weighted by atomic mass is 32.1. The predicted octanol–water partition coefficient (Wildman–Crippen LogP) is 3.23. The molecule has 0 fully saturated rings. The minimum absolute atomic E-state index is 0.133. The van der Waals surface area contributed by atoms with Crippen LogP contribution in [0.4, 0.5) is 0 Å². The Morgan fingerprint density at radius 1 is 1.24 bits per heavy atom. The van der Waals surface area contributed by atoms with E-state index in [1.54, 1.807) is 18.4 Å². The number of methoxy groups -OCH3 is 1. The van der Waals surface area contributed by atoms with Crippen molar-refractivity contribution < 1.29 is 9.84 Å². The van der Waals surface area contributed by atoms with E-state index < -0.39 is 0 Å². The van der Waals surface area contributed by atoms with Gasteiger partial charge >= 0.3 is 0 Å². The van der Waals surface area contributed by atoms with Gasteiger partial charge in [0.25, 0.3) is 0 Å². The molecule has 0 saturated carbocycles. The van der Waals surface area contributed by atoms with Gasteiger partial charge < -0.3 is 15.2 Å². The third-order valence-electron chi connectivity index (χ3n) is 3.74. The number of nitrogens with one attached hydrogen (secondary N) is 1.